The summed E-state index contributed by atoms with van der Waals surface area (Å²) in [6, 6.07) is 5.41. The van der Waals surface area contributed by atoms with Gasteiger partial charge in [0.1, 0.15) is 0 Å². The maximum Gasteiger partial charge on any atom is 0.307 e. The van der Waals surface area contributed by atoms with Gasteiger partial charge in [-0.1, -0.05) is 17.2 Å². The van der Waals surface area contributed by atoms with Crippen LogP contribution >= 0.6 is 0 Å². The van der Waals surface area contributed by atoms with Gasteiger partial charge in [-0.2, -0.15) is 0 Å². The Morgan fingerprint density at radius 2 is 1.68 bits per heavy atom. The van der Waals surface area contributed by atoms with Crippen LogP contribution in [0.5, 0.6) is 11.5 Å². The summed E-state index contributed by atoms with van der Waals surface area (Å²) in [7, 11) is 3.11. The quantitative estimate of drug-likeness (QED) is 0.773. The van der Waals surface area contributed by atoms with E-state index in [9.17, 15) is 14.7 Å². The molecule has 1 aromatic carbocycles. The average molecular weight is 347 g/mol. The van der Waals surface area contributed by atoms with Crippen LogP contribution in [0.3, 0.4) is 0 Å². The Hall–Kier alpha value is -2.50. The Morgan fingerprint density at radius 3 is 2.24 bits per heavy atom. The molecule has 2 rings (SSSR count). The number of carbonyl (C=O) groups is 2. The van der Waals surface area contributed by atoms with Gasteiger partial charge in [-0.3, -0.25) is 9.59 Å². The van der Waals surface area contributed by atoms with Crippen LogP contribution in [0.25, 0.3) is 0 Å². The van der Waals surface area contributed by atoms with E-state index in [1.165, 1.54) is 0 Å². The number of nitrogens with one attached hydrogen (secondary N) is 1. The number of rotatable bonds is 6. The fraction of sp³-hybridized carbons (Fsp3) is 0.474. The highest BCUT2D eigenvalue weighted by Crippen LogP contribution is 2.34. The maximum atomic E-state index is 12.6. The molecule has 2 atom stereocenters. The number of carboxylic acid groups (broad SMARTS) is 1. The predicted octanol–water partition coefficient (Wildman–Crippen LogP) is 2.77. The average Bonchev–Trinajstić information content (AvgIpc) is 2.60. The molecule has 0 saturated heterocycles. The van der Waals surface area contributed by atoms with E-state index in [0.29, 0.717) is 30.9 Å². The molecule has 0 saturated carbocycles. The zero-order valence-electron chi connectivity index (χ0n) is 15.1. The number of methoxy groups -OCH3 is 2. The van der Waals surface area contributed by atoms with Crippen molar-refractivity contribution in [1.82, 2.24) is 5.32 Å². The Bertz CT molecular complexity index is 695. The lowest BCUT2D eigenvalue weighted by molar-refractivity contribution is -0.147. The highest BCUT2D eigenvalue weighted by atomic mass is 16.5. The first kappa shape index (κ1) is 18.8. The lowest BCUT2D eigenvalue weighted by Crippen LogP contribution is -2.39. The van der Waals surface area contributed by atoms with Crippen LogP contribution in [0.1, 0.15) is 32.3 Å². The molecule has 1 amide bonds. The van der Waals surface area contributed by atoms with Gasteiger partial charge in [0.05, 0.1) is 26.1 Å². The lowest BCUT2D eigenvalue weighted by Gasteiger charge is -2.29. The third kappa shape index (κ3) is 4.32. The number of hydrogen-bond acceptors (Lipinski definition) is 4. The van der Waals surface area contributed by atoms with Gasteiger partial charge in [-0.15, -0.1) is 0 Å². The first-order valence-corrected chi connectivity index (χ1v) is 8.24. The van der Waals surface area contributed by atoms with Crippen molar-refractivity contribution in [3.8, 4) is 11.5 Å². The second kappa shape index (κ2) is 8.05. The molecule has 0 aliphatic heterocycles. The molecule has 0 fully saturated rings. The molecule has 0 heterocycles. The number of carbonyl (C=O) groups excluding carboxylic acids is 1. The van der Waals surface area contributed by atoms with Gasteiger partial charge < -0.3 is 19.9 Å². The van der Waals surface area contributed by atoms with E-state index in [1.54, 1.807) is 26.4 Å². The van der Waals surface area contributed by atoms with Gasteiger partial charge in [0.25, 0.3) is 0 Å². The molecule has 1 aliphatic rings. The van der Waals surface area contributed by atoms with Crippen LogP contribution < -0.4 is 14.8 Å². The normalized spacial score (nSPS) is 20.2. The van der Waals surface area contributed by atoms with Gasteiger partial charge >= 0.3 is 5.97 Å². The van der Waals surface area contributed by atoms with E-state index in [2.05, 4.69) is 5.32 Å². The number of ether oxygens (including phenoxy) is 2. The minimum Gasteiger partial charge on any atom is -0.493 e. The van der Waals surface area contributed by atoms with E-state index in [0.717, 1.165) is 16.7 Å². The second-order valence-corrected chi connectivity index (χ2v) is 6.43. The smallest absolute Gasteiger partial charge is 0.307 e. The SMILES string of the molecule is COc1ccc(CNC(=O)[C@H]2CC(C)=C(C)C[C@H]2C(=O)O)cc1OC. The summed E-state index contributed by atoms with van der Waals surface area (Å²) < 4.78 is 10.4. The highest BCUT2D eigenvalue weighted by molar-refractivity contribution is 5.85. The zero-order valence-corrected chi connectivity index (χ0v) is 15.1. The van der Waals surface area contributed by atoms with Crippen LogP contribution in [-0.4, -0.2) is 31.2 Å². The van der Waals surface area contributed by atoms with Crippen molar-refractivity contribution >= 4 is 11.9 Å². The number of amides is 1. The standard InChI is InChI=1S/C19H25NO5/c1-11-7-14(15(19(22)23)8-12(11)2)18(21)20-10-13-5-6-16(24-3)17(9-13)25-4/h5-6,9,14-15H,7-8,10H2,1-4H3,(H,20,21)(H,22,23)/t14-,15+/m0/s1. The van der Waals surface area contributed by atoms with Crippen molar-refractivity contribution < 1.29 is 24.2 Å². The van der Waals surface area contributed by atoms with E-state index in [-0.39, 0.29) is 5.91 Å². The monoisotopic (exact) mass is 347 g/mol. The van der Waals surface area contributed by atoms with Gasteiger partial charge in [0.15, 0.2) is 11.5 Å². The van der Waals surface area contributed by atoms with Gasteiger partial charge in [-0.25, -0.2) is 0 Å². The fourth-order valence-electron chi connectivity index (χ4n) is 3.14. The fourth-order valence-corrected chi connectivity index (χ4v) is 3.14. The topological polar surface area (TPSA) is 84.9 Å². The number of carboxylic acids is 1. The number of allylic oxidation sites excluding steroid dienone is 2. The Kier molecular flexibility index (Phi) is 6.07. The van der Waals surface area contributed by atoms with Crippen LogP contribution in [-0.2, 0) is 16.1 Å². The molecule has 1 aromatic rings. The Balaban J connectivity index is 2.07. The Labute approximate surface area is 147 Å². The molecule has 0 aromatic heterocycles. The second-order valence-electron chi connectivity index (χ2n) is 6.43. The molecule has 6 heteroatoms. The first-order chi connectivity index (χ1) is 11.9. The van der Waals surface area contributed by atoms with Crippen molar-refractivity contribution in [2.45, 2.75) is 33.2 Å². The van der Waals surface area contributed by atoms with Gasteiger partial charge in [0.2, 0.25) is 5.91 Å². The third-order valence-electron chi connectivity index (χ3n) is 4.84. The summed E-state index contributed by atoms with van der Waals surface area (Å²) in [5, 5.41) is 12.3. The summed E-state index contributed by atoms with van der Waals surface area (Å²) in [5.74, 6) is -1.15. The molecule has 6 nitrogen and oxygen atoms in total. The van der Waals surface area contributed by atoms with Crippen molar-refractivity contribution in [1.29, 1.82) is 0 Å². The molecule has 1 aliphatic carbocycles. The minimum atomic E-state index is -0.918. The third-order valence-corrected chi connectivity index (χ3v) is 4.84. The maximum absolute atomic E-state index is 12.6. The Morgan fingerprint density at radius 1 is 1.08 bits per heavy atom. The molecule has 136 valence electrons. The summed E-state index contributed by atoms with van der Waals surface area (Å²) in [6.07, 6.45) is 0.913. The van der Waals surface area contributed by atoms with Crippen molar-refractivity contribution in [2.75, 3.05) is 14.2 Å². The summed E-state index contributed by atoms with van der Waals surface area (Å²) in [5.41, 5.74) is 3.03. The molecule has 25 heavy (non-hydrogen) atoms. The molecule has 0 bridgehead atoms. The molecule has 0 unspecified atom stereocenters. The van der Waals surface area contributed by atoms with Gasteiger partial charge in [-0.05, 0) is 44.4 Å². The highest BCUT2D eigenvalue weighted by Gasteiger charge is 2.37. The van der Waals surface area contributed by atoms with Crippen LogP contribution in [0, 0.1) is 11.8 Å². The molecule has 0 spiro atoms. The molecular weight excluding hydrogens is 322 g/mol. The predicted molar refractivity (Wildman–Crippen MR) is 93.6 cm³/mol. The van der Waals surface area contributed by atoms with E-state index in [4.69, 9.17) is 9.47 Å². The lowest BCUT2D eigenvalue weighted by atomic mass is 9.76. The van der Waals surface area contributed by atoms with E-state index < -0.39 is 17.8 Å². The summed E-state index contributed by atoms with van der Waals surface area (Å²) in [6.45, 7) is 4.20. The largest absolute Gasteiger partial charge is 0.493 e. The molecular formula is C19H25NO5. The van der Waals surface area contributed by atoms with Crippen molar-refractivity contribution in [3.05, 3.63) is 34.9 Å². The van der Waals surface area contributed by atoms with E-state index in [1.807, 2.05) is 19.9 Å². The zero-order chi connectivity index (χ0) is 18.6. The van der Waals surface area contributed by atoms with Crippen LogP contribution in [0.4, 0.5) is 0 Å². The van der Waals surface area contributed by atoms with E-state index >= 15 is 0 Å². The number of hydrogen-bond donors (Lipinski definition) is 2. The minimum absolute atomic E-state index is 0.228. The molecule has 0 radical (unpaired) electrons. The van der Waals surface area contributed by atoms with Crippen molar-refractivity contribution in [3.63, 3.8) is 0 Å². The first-order valence-electron chi connectivity index (χ1n) is 8.24. The number of aliphatic carboxylic acids is 1. The van der Waals surface area contributed by atoms with Crippen LogP contribution in [0.2, 0.25) is 0 Å². The van der Waals surface area contributed by atoms with Gasteiger partial charge in [0, 0.05) is 6.54 Å². The summed E-state index contributed by atoms with van der Waals surface area (Å²) >= 11 is 0. The summed E-state index contributed by atoms with van der Waals surface area (Å²) in [4.78, 5) is 24.1. The number of benzene rings is 1. The van der Waals surface area contributed by atoms with Crippen LogP contribution in [0.15, 0.2) is 29.3 Å². The molecule has 2 N–H and O–H groups in total. The van der Waals surface area contributed by atoms with Crippen molar-refractivity contribution in [2.24, 2.45) is 11.8 Å².